The summed E-state index contributed by atoms with van der Waals surface area (Å²) >= 11 is 20.5. The van der Waals surface area contributed by atoms with E-state index in [1.165, 1.54) is 37.9 Å². The molecule has 34 nitrogen and oxygen atoms in total. The first-order valence-electron chi connectivity index (χ1n) is 49.1. The van der Waals surface area contributed by atoms with E-state index in [1.54, 1.807) is 42.7 Å². The van der Waals surface area contributed by atoms with Crippen LogP contribution < -0.4 is 31.2 Å². The Bertz CT molecular complexity index is 6530. The van der Waals surface area contributed by atoms with E-state index < -0.39 is 23.9 Å². The summed E-state index contributed by atoms with van der Waals surface area (Å²) in [6.45, 7) is 32.7. The zero-order chi connectivity index (χ0) is 106. The molecule has 0 radical (unpaired) electrons. The van der Waals surface area contributed by atoms with E-state index in [-0.39, 0.29) is 42.0 Å². The molecule has 3 unspecified atom stereocenters. The fraction of sp³-hybridized carbons (Fsp3) is 0.421. The Morgan fingerprint density at radius 1 is 0.378 bits per heavy atom. The number of likely N-dealkylation sites (tertiary alicyclic amines) is 6. The van der Waals surface area contributed by atoms with Crippen LogP contribution in [-0.2, 0) is 14.2 Å². The van der Waals surface area contributed by atoms with Gasteiger partial charge in [-0.1, -0.05) is 213 Å². The maximum atomic E-state index is 12.2. The number of benzene rings is 8. The second-order valence-electron chi connectivity index (χ2n) is 40.8. The number of carbonyl (C=O) groups is 3. The van der Waals surface area contributed by atoms with E-state index >= 15 is 0 Å². The summed E-state index contributed by atoms with van der Waals surface area (Å²) in [6.07, 6.45) is 6.01. The van der Waals surface area contributed by atoms with Crippen LogP contribution in [-0.4, -0.2) is 254 Å². The number of nitrogens with two attached hydrogens (primary N) is 1. The molecule has 8 aromatic carbocycles. The third-order valence-corrected chi connectivity index (χ3v) is 29.2. The molecule has 776 valence electrons. The van der Waals surface area contributed by atoms with Crippen LogP contribution in [0.2, 0.25) is 0 Å². The highest BCUT2D eigenvalue weighted by Crippen LogP contribution is 2.40. The van der Waals surface area contributed by atoms with Gasteiger partial charge in [0.05, 0.1) is 23.3 Å². The predicted molar refractivity (Wildman–Crippen MR) is 583 cm³/mol. The van der Waals surface area contributed by atoms with Crippen LogP contribution in [0.3, 0.4) is 0 Å². The number of anilines is 3. The Morgan fingerprint density at radius 3 is 0.959 bits per heavy atom. The van der Waals surface area contributed by atoms with Crippen molar-refractivity contribution in [3.8, 4) is 24.5 Å². The molecule has 13 heterocycles. The van der Waals surface area contributed by atoms with Gasteiger partial charge in [-0.2, -0.15) is 36.0 Å². The smallest absolute Gasteiger partial charge is 0.444 e. The van der Waals surface area contributed by atoms with Gasteiger partial charge in [0, 0.05) is 217 Å². The topological polar surface area (TPSA) is 431 Å². The van der Waals surface area contributed by atoms with Gasteiger partial charge in [-0.05, 0) is 223 Å². The summed E-state index contributed by atoms with van der Waals surface area (Å²) in [5, 5.41) is 80.0. The maximum absolute atomic E-state index is 12.2. The SMILES string of the molecule is Brc1cccc(C2CNC2)c1.CC(C)(C)OC(=O)N1CC(c2cccc(Br)c2)C1.CC(C)(C)OC(=O)N1CCC(c2noc(N3CC(c4cccc(Br)c4)C3)n2)C1.CC(C)(C)OC(=O)N1CCC(c2noc(N3CC(c4cccc(C#N)c4)C3)n2)C1.N#CN1CC(c2cccc(Br)c2)C1.N#Cc1cccc(C2CN(c3nc(C4CCN(C#N)C4)no3)C2)c1.NC(=NO)N1CC(c2cccc(Br)c2)C1.OB(O)c1cccc(Br)c1. The molecule has 0 bridgehead atoms. The monoisotopic (exact) mass is 2390 g/mol. The molecule has 10 fully saturated rings. The number of halogens is 6. The highest BCUT2D eigenvalue weighted by molar-refractivity contribution is 9.11. The molecule has 10 saturated heterocycles. The summed E-state index contributed by atoms with van der Waals surface area (Å²) in [5.41, 5.74) is 14.9. The van der Waals surface area contributed by atoms with Crippen LogP contribution in [0.4, 0.5) is 32.4 Å². The summed E-state index contributed by atoms with van der Waals surface area (Å²) in [5.74, 6) is 5.92. The predicted octanol–water partition coefficient (Wildman–Crippen LogP) is 19.2. The quantitative estimate of drug-likeness (QED) is 0.0128. The molecule has 3 aromatic heterocycles. The van der Waals surface area contributed by atoms with Crippen molar-refractivity contribution in [3.05, 3.63) is 289 Å². The van der Waals surface area contributed by atoms with Crippen molar-refractivity contribution in [1.29, 1.82) is 21.0 Å². The lowest BCUT2D eigenvalue weighted by Gasteiger charge is -2.40. The first kappa shape index (κ1) is 111. The number of nitriles is 4. The largest absolute Gasteiger partial charge is 0.488 e. The first-order valence-corrected chi connectivity index (χ1v) is 53.8. The van der Waals surface area contributed by atoms with Crippen LogP contribution in [0.25, 0.3) is 0 Å². The third-order valence-electron chi connectivity index (χ3n) is 26.2. The van der Waals surface area contributed by atoms with E-state index in [1.807, 2.05) is 163 Å². The Morgan fingerprint density at radius 2 is 0.662 bits per heavy atom. The van der Waals surface area contributed by atoms with Gasteiger partial charge in [0.15, 0.2) is 29.9 Å². The lowest BCUT2D eigenvalue weighted by Crippen LogP contribution is -2.51. The van der Waals surface area contributed by atoms with Crippen LogP contribution in [0.1, 0.15) is 208 Å². The lowest BCUT2D eigenvalue weighted by molar-refractivity contribution is 0.00808. The standard InChI is InChI=1S/C21H25N5O3.C20H25BrN4O3.C17H16N6O.C14H18BrNO2.C10H12BrN3O.C10H9BrN2.C9H10BrN.C6H6BBrO2/c1-21(2,3)28-20(27)25-8-7-16(11-25)18-23-19(29-24-18)26-12-17(13-26)15-6-4-5-14(9-15)10-22;1-20(2,3)27-19(26)24-8-7-14(10-24)17-22-18(28-23-17)25-11-15(12-25)13-5-4-6-16(21)9-13;18-7-12-2-1-3-13(6-12)15-9-23(10-15)17-20-16(21-24-17)14-4-5-22(8-14)11-19;1-14(2,3)18-13(17)16-8-11(9-16)10-5-4-6-12(15)7-10;11-9-3-1-2-7(4-9)8-5-14(6-8)10(12)13-15;11-10-3-1-2-8(4-10)9-5-13(6-9)7-12;10-9-3-1-2-7(4-9)8-5-11-6-8;8-6-3-1-2-5(4-6)7(9)10/h4-6,9,16-17H,7-8,11-13H2,1-3H3;4-6,9,14-15H,7-8,10-12H2,1-3H3;1-3,6,14-15H,4-5,8-10H2;4-7,11H,8-9H2,1-3H3;1-4,8,15H,5-6H2,(H2,12,13);1-4,9H,5-6H2;1-4,8,11H,5-6H2;1-4,9-10H. The minimum atomic E-state index is -1.38. The van der Waals surface area contributed by atoms with Crippen molar-refractivity contribution in [3.63, 3.8) is 0 Å². The second kappa shape index (κ2) is 51.4. The van der Waals surface area contributed by atoms with E-state index in [4.69, 9.17) is 69.8 Å². The number of oxime groups is 1. The number of rotatable bonds is 14. The minimum Gasteiger partial charge on any atom is -0.444 e. The van der Waals surface area contributed by atoms with Gasteiger partial charge in [-0.15, -0.1) is 0 Å². The summed E-state index contributed by atoms with van der Waals surface area (Å²) < 4.78 is 39.0. The third kappa shape index (κ3) is 31.7. The number of carbonyl (C=O) groups excluding carboxylic acids is 3. The van der Waals surface area contributed by atoms with Crippen LogP contribution in [0.5, 0.6) is 0 Å². The molecule has 148 heavy (non-hydrogen) atoms. The summed E-state index contributed by atoms with van der Waals surface area (Å²) in [4.78, 5) is 66.6. The molecule has 21 rings (SSSR count). The van der Waals surface area contributed by atoms with Crippen LogP contribution in [0, 0.1) is 45.6 Å². The molecule has 3 atom stereocenters. The number of nitrogens with one attached hydrogen (secondary N) is 1. The van der Waals surface area contributed by atoms with Crippen LogP contribution in [0.15, 0.2) is 240 Å². The van der Waals surface area contributed by atoms with Crippen molar-refractivity contribution >= 4 is 150 Å². The molecule has 6 N–H and O–H groups in total. The molecule has 0 saturated carbocycles. The Hall–Kier alpha value is -12.2. The zero-order valence-electron chi connectivity index (χ0n) is 83.9. The molecular formula is C107H121BBr6N22O12. The Labute approximate surface area is 913 Å². The number of guanidine groups is 1. The van der Waals surface area contributed by atoms with Crippen molar-refractivity contribution in [2.75, 3.05) is 146 Å². The lowest BCUT2D eigenvalue weighted by atomic mass is 9.81. The van der Waals surface area contributed by atoms with E-state index in [9.17, 15) is 14.4 Å². The van der Waals surface area contributed by atoms with Crippen molar-refractivity contribution in [2.24, 2.45) is 10.9 Å². The van der Waals surface area contributed by atoms with Crippen molar-refractivity contribution in [2.45, 2.75) is 158 Å². The van der Waals surface area contributed by atoms with Crippen LogP contribution >= 0.6 is 95.6 Å². The van der Waals surface area contributed by atoms with E-state index in [0.717, 1.165) is 151 Å². The fourth-order valence-electron chi connectivity index (χ4n) is 17.7. The van der Waals surface area contributed by atoms with Gasteiger partial charge in [0.2, 0.25) is 5.96 Å². The van der Waals surface area contributed by atoms with Crippen molar-refractivity contribution < 1.29 is 57.4 Å². The first-order chi connectivity index (χ1) is 70.8. The molecule has 11 aromatic rings. The van der Waals surface area contributed by atoms with Gasteiger partial charge in [0.1, 0.15) is 16.8 Å². The highest BCUT2D eigenvalue weighted by Gasteiger charge is 2.42. The maximum Gasteiger partial charge on any atom is 0.488 e. The summed E-state index contributed by atoms with van der Waals surface area (Å²) in [7, 11) is -1.38. The molecule has 0 aliphatic carbocycles. The molecule has 3 amide bonds. The Kier molecular flexibility index (Phi) is 38.7. The molecule has 10 aliphatic heterocycles. The molecular weight excluding hydrogens is 2280 g/mol. The van der Waals surface area contributed by atoms with E-state index in [2.05, 4.69) is 256 Å². The fourth-order valence-corrected chi connectivity index (χ4v) is 20.2. The van der Waals surface area contributed by atoms with Gasteiger partial charge < -0.3 is 98.2 Å². The number of hydrogen-bond donors (Lipinski definition) is 5. The number of amides is 3. The minimum absolute atomic E-state index is 0.0596. The van der Waals surface area contributed by atoms with Gasteiger partial charge >= 0.3 is 43.4 Å². The average Bonchev–Trinajstić information content (AvgIpc) is 1.74. The highest BCUT2D eigenvalue weighted by atomic mass is 79.9. The average molecular weight is 2400 g/mol. The number of hydrogen-bond acceptors (Lipinski definition) is 29. The number of ether oxygens (including phenoxy) is 3. The second-order valence-corrected chi connectivity index (χ2v) is 46.3. The van der Waals surface area contributed by atoms with Gasteiger partial charge in [-0.25, -0.2) is 14.4 Å². The Balaban J connectivity index is 0.000000137. The summed E-state index contributed by atoms with van der Waals surface area (Å²) in [6, 6.07) is 70.0. The van der Waals surface area contributed by atoms with Gasteiger partial charge in [0.25, 0.3) is 0 Å². The normalized spacial score (nSPS) is 18.2. The number of nitrogens with zero attached hydrogens (tertiary/aromatic N) is 20. The van der Waals surface area contributed by atoms with E-state index in [0.29, 0.717) is 120 Å². The van der Waals surface area contributed by atoms with Gasteiger partial charge in [-0.3, -0.25) is 0 Å². The van der Waals surface area contributed by atoms with Crippen molar-refractivity contribution in [1.82, 2.24) is 65.1 Å². The molecule has 41 heteroatoms. The molecule has 0 spiro atoms. The number of aromatic nitrogens is 6. The zero-order valence-corrected chi connectivity index (χ0v) is 93.4. The molecule has 10 aliphatic rings.